The number of fused-ring (bicyclic) bond motifs is 1. The van der Waals surface area contributed by atoms with Gasteiger partial charge in [-0.25, -0.2) is 13.8 Å². The monoisotopic (exact) mass is 338 g/mol. The van der Waals surface area contributed by atoms with Gasteiger partial charge in [0.25, 0.3) is 5.56 Å². The lowest BCUT2D eigenvalue weighted by Crippen LogP contribution is -2.23. The van der Waals surface area contributed by atoms with Crippen molar-refractivity contribution >= 4 is 17.2 Å². The molecule has 0 fully saturated rings. The van der Waals surface area contributed by atoms with Crippen molar-refractivity contribution in [2.24, 2.45) is 0 Å². The summed E-state index contributed by atoms with van der Waals surface area (Å²) in [4.78, 5) is 16.3. The van der Waals surface area contributed by atoms with E-state index in [9.17, 15) is 18.7 Å². The van der Waals surface area contributed by atoms with Crippen LogP contribution < -0.4 is 10.9 Å². The van der Waals surface area contributed by atoms with Crippen molar-refractivity contribution in [3.63, 3.8) is 0 Å². The Morgan fingerprint density at radius 1 is 1.30 bits per heavy atom. The molecule has 118 valence electrons. The molecule has 0 spiro atoms. The summed E-state index contributed by atoms with van der Waals surface area (Å²) in [6.07, 6.45) is 0.820. The molecule has 0 unspecified atom stereocenters. The van der Waals surface area contributed by atoms with Gasteiger partial charge in [-0.1, -0.05) is 6.07 Å². The first kappa shape index (κ1) is 15.4. The van der Waals surface area contributed by atoms with Crippen molar-refractivity contribution in [1.82, 2.24) is 9.38 Å². The molecule has 1 aromatic carbocycles. The maximum Gasteiger partial charge on any atom is 0.265 e. The third kappa shape index (κ3) is 2.88. The SMILES string of the molecule is O=c1c(CO)c(Nc2cccc([ClH+])c2)nc2c(F)cc(F)cn12. The molecule has 0 amide bonds. The minimum Gasteiger partial charge on any atom is -0.391 e. The average Bonchev–Trinajstić information content (AvgIpc) is 2.49. The van der Waals surface area contributed by atoms with E-state index in [1.165, 1.54) is 0 Å². The number of pyridine rings is 1. The van der Waals surface area contributed by atoms with Crippen LogP contribution in [-0.2, 0) is 6.61 Å². The molecule has 0 aliphatic heterocycles. The predicted molar refractivity (Wildman–Crippen MR) is 77.6 cm³/mol. The van der Waals surface area contributed by atoms with E-state index in [1.54, 1.807) is 24.3 Å². The maximum absolute atomic E-state index is 13.9. The van der Waals surface area contributed by atoms with E-state index in [0.29, 0.717) is 16.8 Å². The van der Waals surface area contributed by atoms with Crippen LogP contribution in [0.3, 0.4) is 0 Å². The molecule has 2 N–H and O–H groups in total. The van der Waals surface area contributed by atoms with Crippen molar-refractivity contribution in [1.29, 1.82) is 0 Å². The molecule has 0 aliphatic rings. The van der Waals surface area contributed by atoms with Crippen molar-refractivity contribution in [3.05, 3.63) is 69.1 Å². The van der Waals surface area contributed by atoms with Crippen LogP contribution in [0.2, 0.25) is 5.02 Å². The number of aromatic nitrogens is 2. The molecule has 0 aliphatic carbocycles. The van der Waals surface area contributed by atoms with Crippen LogP contribution in [0, 0.1) is 23.2 Å². The van der Waals surface area contributed by atoms with E-state index >= 15 is 0 Å². The van der Waals surface area contributed by atoms with Gasteiger partial charge in [-0.3, -0.25) is 9.20 Å². The first-order chi connectivity index (χ1) is 11.0. The van der Waals surface area contributed by atoms with Gasteiger partial charge >= 0.3 is 0 Å². The summed E-state index contributed by atoms with van der Waals surface area (Å²) in [5.41, 5.74) is -0.674. The topological polar surface area (TPSA) is 66.6 Å². The first-order valence-electron chi connectivity index (χ1n) is 6.55. The number of hydrogen-bond donors (Lipinski definition) is 2. The molecule has 8 heteroatoms. The predicted octanol–water partition coefficient (Wildman–Crippen LogP) is 1.90. The van der Waals surface area contributed by atoms with Crippen molar-refractivity contribution < 1.29 is 25.5 Å². The van der Waals surface area contributed by atoms with E-state index in [4.69, 9.17) is 11.6 Å². The fraction of sp³-hybridized carbons (Fsp3) is 0.0667. The molecular weight excluding hydrogens is 328 g/mol. The molecule has 3 aromatic rings. The minimum atomic E-state index is -0.980. The van der Waals surface area contributed by atoms with Crippen LogP contribution in [0.25, 0.3) is 5.65 Å². The molecule has 3 rings (SSSR count). The number of nitrogens with zero attached hydrogens (tertiary/aromatic N) is 2. The maximum atomic E-state index is 13.9. The Kier molecular flexibility index (Phi) is 3.97. The van der Waals surface area contributed by atoms with Gasteiger partial charge in [0.15, 0.2) is 23.1 Å². The van der Waals surface area contributed by atoms with Gasteiger partial charge in [0.05, 0.1) is 18.4 Å². The van der Waals surface area contributed by atoms with Gasteiger partial charge in [-0.2, -0.15) is 0 Å². The van der Waals surface area contributed by atoms with E-state index in [1.807, 2.05) is 0 Å². The Labute approximate surface area is 133 Å². The zero-order valence-electron chi connectivity index (χ0n) is 11.6. The van der Waals surface area contributed by atoms with E-state index in [-0.39, 0.29) is 17.0 Å². The van der Waals surface area contributed by atoms with Crippen molar-refractivity contribution in [2.45, 2.75) is 6.61 Å². The average molecular weight is 339 g/mol. The molecule has 0 radical (unpaired) electrons. The Hall–Kier alpha value is -2.51. The lowest BCUT2D eigenvalue weighted by atomic mass is 10.2. The van der Waals surface area contributed by atoms with Crippen molar-refractivity contribution in [3.8, 4) is 0 Å². The second-order valence-electron chi connectivity index (χ2n) is 4.75. The highest BCUT2D eigenvalue weighted by atomic mass is 35.5. The number of rotatable bonds is 3. The summed E-state index contributed by atoms with van der Waals surface area (Å²) in [6.45, 7) is -0.636. The van der Waals surface area contributed by atoms with Crippen LogP contribution in [0.4, 0.5) is 20.3 Å². The summed E-state index contributed by atoms with van der Waals surface area (Å²) >= 11 is 5.04. The smallest absolute Gasteiger partial charge is 0.265 e. The number of anilines is 2. The molecule has 23 heavy (non-hydrogen) atoms. The fourth-order valence-electron chi connectivity index (χ4n) is 2.16. The zero-order valence-corrected chi connectivity index (χ0v) is 12.4. The highest BCUT2D eigenvalue weighted by molar-refractivity contribution is 5.62. The Morgan fingerprint density at radius 3 is 2.78 bits per heavy atom. The van der Waals surface area contributed by atoms with Gasteiger partial charge in [0.2, 0.25) is 5.02 Å². The summed E-state index contributed by atoms with van der Waals surface area (Å²) in [6, 6.07) is 7.35. The standard InChI is InChI=1S/C15H10ClF2N3O2/c16-8-2-1-3-10(4-8)19-13-11(7-22)15(23)21-6-9(17)5-12(18)14(21)20-13/h1-6,16,22H,7H2/p+1. The van der Waals surface area contributed by atoms with Gasteiger partial charge in [-0.05, 0) is 6.07 Å². The number of nitrogens with one attached hydrogen (secondary N) is 1. The van der Waals surface area contributed by atoms with Crippen LogP contribution >= 0.6 is 0 Å². The summed E-state index contributed by atoms with van der Waals surface area (Å²) < 4.78 is 27.9. The van der Waals surface area contributed by atoms with Gasteiger partial charge < -0.3 is 10.4 Å². The summed E-state index contributed by atoms with van der Waals surface area (Å²) in [5, 5.41) is 12.8. The van der Waals surface area contributed by atoms with E-state index in [2.05, 4.69) is 10.3 Å². The number of benzene rings is 1. The summed E-state index contributed by atoms with van der Waals surface area (Å²) in [7, 11) is 0. The highest BCUT2D eigenvalue weighted by Crippen LogP contribution is 2.20. The summed E-state index contributed by atoms with van der Waals surface area (Å²) in [5.74, 6) is -1.91. The largest absolute Gasteiger partial charge is 0.391 e. The third-order valence-electron chi connectivity index (χ3n) is 3.19. The molecule has 0 saturated carbocycles. The first-order valence-corrected chi connectivity index (χ1v) is 6.95. The van der Waals surface area contributed by atoms with E-state index < -0.39 is 23.8 Å². The van der Waals surface area contributed by atoms with Gasteiger partial charge in [0.1, 0.15) is 11.6 Å². The number of hydrogen-bond acceptors (Lipinski definition) is 4. The minimum absolute atomic E-state index is 0.0105. The number of halogens is 3. The van der Waals surface area contributed by atoms with Gasteiger partial charge in [0, 0.05) is 23.9 Å². The molecule has 0 saturated heterocycles. The highest BCUT2D eigenvalue weighted by Gasteiger charge is 2.16. The van der Waals surface area contributed by atoms with Crippen molar-refractivity contribution in [2.75, 3.05) is 5.32 Å². The van der Waals surface area contributed by atoms with Crippen LogP contribution in [0.15, 0.2) is 41.3 Å². The second-order valence-corrected chi connectivity index (χ2v) is 5.23. The van der Waals surface area contributed by atoms with Crippen LogP contribution in [0.1, 0.15) is 5.56 Å². The number of aliphatic hydroxyl groups is 1. The Bertz CT molecular complexity index is 959. The molecular formula is C15H11ClF2N3O2+. The van der Waals surface area contributed by atoms with Crippen LogP contribution in [-0.4, -0.2) is 14.5 Å². The lowest BCUT2D eigenvalue weighted by molar-refractivity contribution is -0.288. The Balaban J connectivity index is 2.22. The second kappa shape index (κ2) is 5.94. The molecule has 5 nitrogen and oxygen atoms in total. The number of aliphatic hydroxyl groups excluding tert-OH is 1. The lowest BCUT2D eigenvalue weighted by Gasteiger charge is -2.11. The molecule has 2 aromatic heterocycles. The molecule has 2 heterocycles. The quantitative estimate of drug-likeness (QED) is 0.765. The molecule has 0 bridgehead atoms. The zero-order chi connectivity index (χ0) is 16.6. The van der Waals surface area contributed by atoms with E-state index in [0.717, 1.165) is 10.6 Å². The molecule has 0 atom stereocenters. The normalized spacial score (nSPS) is 11.0. The van der Waals surface area contributed by atoms with Crippen LogP contribution in [0.5, 0.6) is 0 Å². The van der Waals surface area contributed by atoms with Gasteiger partial charge in [-0.15, -0.1) is 0 Å². The Morgan fingerprint density at radius 2 is 2.09 bits per heavy atom. The fourth-order valence-corrected chi connectivity index (χ4v) is 2.37. The third-order valence-corrected chi connectivity index (χ3v) is 3.45.